The SMILES string of the molecule is COc1cccc(OC)c1CN1CCc2c(nc(S(C)(=O)=O)[nH]c2=O)C1. The Morgan fingerprint density at radius 3 is 2.46 bits per heavy atom. The van der Waals surface area contributed by atoms with Crippen LogP contribution in [-0.4, -0.2) is 50.3 Å². The van der Waals surface area contributed by atoms with Crippen molar-refractivity contribution in [2.45, 2.75) is 24.7 Å². The molecular weight excluding hydrogens is 358 g/mol. The lowest BCUT2D eigenvalue weighted by Gasteiger charge is -2.28. The number of aromatic nitrogens is 2. The molecule has 0 spiro atoms. The van der Waals surface area contributed by atoms with E-state index < -0.39 is 9.84 Å². The summed E-state index contributed by atoms with van der Waals surface area (Å²) in [4.78, 5) is 20.8. The molecule has 0 atom stereocenters. The summed E-state index contributed by atoms with van der Waals surface area (Å²) in [6.45, 7) is 1.56. The Morgan fingerprint density at radius 1 is 1.23 bits per heavy atom. The third kappa shape index (κ3) is 3.58. The molecule has 0 radical (unpaired) electrons. The van der Waals surface area contributed by atoms with Gasteiger partial charge in [-0.1, -0.05) is 6.07 Å². The van der Waals surface area contributed by atoms with Gasteiger partial charge in [0.2, 0.25) is 15.0 Å². The molecule has 0 saturated heterocycles. The third-order valence-electron chi connectivity index (χ3n) is 4.39. The van der Waals surface area contributed by atoms with E-state index >= 15 is 0 Å². The molecule has 1 aromatic heterocycles. The number of nitrogens with one attached hydrogen (secondary N) is 1. The summed E-state index contributed by atoms with van der Waals surface area (Å²) in [7, 11) is -0.381. The minimum atomic E-state index is -3.58. The highest BCUT2D eigenvalue weighted by molar-refractivity contribution is 7.90. The Morgan fingerprint density at radius 2 is 1.88 bits per heavy atom. The van der Waals surface area contributed by atoms with Crippen LogP contribution >= 0.6 is 0 Å². The molecule has 2 heterocycles. The first kappa shape index (κ1) is 18.4. The molecule has 0 saturated carbocycles. The van der Waals surface area contributed by atoms with Gasteiger partial charge in [0, 0.05) is 31.5 Å². The van der Waals surface area contributed by atoms with Gasteiger partial charge in [-0.05, 0) is 18.6 Å². The van der Waals surface area contributed by atoms with Gasteiger partial charge in [-0.25, -0.2) is 13.4 Å². The first-order chi connectivity index (χ1) is 12.3. The van der Waals surface area contributed by atoms with Crippen molar-refractivity contribution < 1.29 is 17.9 Å². The van der Waals surface area contributed by atoms with E-state index in [0.717, 1.165) is 11.8 Å². The van der Waals surface area contributed by atoms with Crippen molar-refractivity contribution in [2.75, 3.05) is 27.0 Å². The molecule has 1 N–H and O–H groups in total. The molecule has 1 aliphatic rings. The topological polar surface area (TPSA) is 102 Å². The van der Waals surface area contributed by atoms with Crippen LogP contribution in [0.4, 0.5) is 0 Å². The molecule has 9 heteroatoms. The molecule has 1 aromatic carbocycles. The van der Waals surface area contributed by atoms with Gasteiger partial charge in [0.15, 0.2) is 0 Å². The maximum absolute atomic E-state index is 12.2. The summed E-state index contributed by atoms with van der Waals surface area (Å²) in [6.07, 6.45) is 1.52. The van der Waals surface area contributed by atoms with E-state index in [0.29, 0.717) is 48.8 Å². The second kappa shape index (κ2) is 7.08. The van der Waals surface area contributed by atoms with Gasteiger partial charge in [0.1, 0.15) is 11.5 Å². The van der Waals surface area contributed by atoms with E-state index in [9.17, 15) is 13.2 Å². The van der Waals surface area contributed by atoms with Crippen LogP contribution in [-0.2, 0) is 29.3 Å². The van der Waals surface area contributed by atoms with Gasteiger partial charge >= 0.3 is 0 Å². The zero-order valence-electron chi connectivity index (χ0n) is 14.9. The maximum atomic E-state index is 12.2. The van der Waals surface area contributed by atoms with E-state index in [1.165, 1.54) is 0 Å². The molecule has 0 bridgehead atoms. The molecule has 3 rings (SSSR count). The van der Waals surface area contributed by atoms with Crippen molar-refractivity contribution in [3.63, 3.8) is 0 Å². The third-order valence-corrected chi connectivity index (χ3v) is 5.29. The number of fused-ring (bicyclic) bond motifs is 1. The number of nitrogens with zero attached hydrogens (tertiary/aromatic N) is 2. The summed E-state index contributed by atoms with van der Waals surface area (Å²) >= 11 is 0. The molecule has 0 fully saturated rings. The van der Waals surface area contributed by atoms with Crippen LogP contribution < -0.4 is 15.0 Å². The minimum absolute atomic E-state index is 0.294. The van der Waals surface area contributed by atoms with E-state index in [-0.39, 0.29) is 10.7 Å². The molecule has 140 valence electrons. The monoisotopic (exact) mass is 379 g/mol. The van der Waals surface area contributed by atoms with Gasteiger partial charge in [0.05, 0.1) is 25.5 Å². The van der Waals surface area contributed by atoms with E-state index in [4.69, 9.17) is 9.47 Å². The van der Waals surface area contributed by atoms with Crippen LogP contribution in [0.2, 0.25) is 0 Å². The summed E-state index contributed by atoms with van der Waals surface area (Å²) in [5.41, 5.74) is 1.55. The molecule has 0 amide bonds. The van der Waals surface area contributed by atoms with Gasteiger partial charge in [-0.3, -0.25) is 14.7 Å². The normalized spacial score (nSPS) is 14.7. The molecule has 0 aliphatic carbocycles. The Bertz CT molecular complexity index is 962. The molecule has 26 heavy (non-hydrogen) atoms. The van der Waals surface area contributed by atoms with Crippen LogP contribution in [0.1, 0.15) is 16.8 Å². The largest absolute Gasteiger partial charge is 0.496 e. The van der Waals surface area contributed by atoms with Crippen LogP contribution in [0.3, 0.4) is 0 Å². The predicted octanol–water partition coefficient (Wildman–Crippen LogP) is 0.749. The second-order valence-electron chi connectivity index (χ2n) is 6.17. The highest BCUT2D eigenvalue weighted by Crippen LogP contribution is 2.30. The molecule has 1 aliphatic heterocycles. The van der Waals surface area contributed by atoms with Crippen LogP contribution in [0.25, 0.3) is 0 Å². The van der Waals surface area contributed by atoms with Gasteiger partial charge in [-0.15, -0.1) is 0 Å². The number of hydrogen-bond acceptors (Lipinski definition) is 7. The highest BCUT2D eigenvalue weighted by Gasteiger charge is 2.25. The fraction of sp³-hybridized carbons (Fsp3) is 0.412. The number of rotatable bonds is 5. The number of sulfone groups is 1. The highest BCUT2D eigenvalue weighted by atomic mass is 32.2. The van der Waals surface area contributed by atoms with Crippen LogP contribution in [0.5, 0.6) is 11.5 Å². The maximum Gasteiger partial charge on any atom is 0.255 e. The van der Waals surface area contributed by atoms with Crippen LogP contribution in [0, 0.1) is 0 Å². The van der Waals surface area contributed by atoms with Crippen molar-refractivity contribution in [2.24, 2.45) is 0 Å². The van der Waals surface area contributed by atoms with Crippen molar-refractivity contribution in [1.82, 2.24) is 14.9 Å². The number of hydrogen-bond donors (Lipinski definition) is 1. The average Bonchev–Trinajstić information content (AvgIpc) is 2.60. The van der Waals surface area contributed by atoms with Gasteiger partial charge < -0.3 is 9.47 Å². The van der Waals surface area contributed by atoms with Gasteiger partial charge in [0.25, 0.3) is 5.56 Å². The zero-order valence-corrected chi connectivity index (χ0v) is 15.7. The Hall–Kier alpha value is -2.39. The Balaban J connectivity index is 1.92. The summed E-state index contributed by atoms with van der Waals surface area (Å²) in [5.74, 6) is 1.43. The first-order valence-corrected chi connectivity index (χ1v) is 9.97. The summed E-state index contributed by atoms with van der Waals surface area (Å²) in [6, 6.07) is 5.58. The van der Waals surface area contributed by atoms with Crippen LogP contribution in [0.15, 0.2) is 28.2 Å². The number of ether oxygens (including phenoxy) is 2. The number of H-pyrrole nitrogens is 1. The van der Waals surface area contributed by atoms with Crippen molar-refractivity contribution in [1.29, 1.82) is 0 Å². The molecule has 8 nitrogen and oxygen atoms in total. The lowest BCUT2D eigenvalue weighted by molar-refractivity contribution is 0.231. The number of benzene rings is 1. The average molecular weight is 379 g/mol. The number of aromatic amines is 1. The molecular formula is C17H21N3O5S. The van der Waals surface area contributed by atoms with E-state index in [2.05, 4.69) is 14.9 Å². The van der Waals surface area contributed by atoms with Crippen molar-refractivity contribution in [3.8, 4) is 11.5 Å². The quantitative estimate of drug-likeness (QED) is 0.765. The Kier molecular flexibility index (Phi) is 5.01. The van der Waals surface area contributed by atoms with E-state index in [1.54, 1.807) is 14.2 Å². The molecule has 0 unspecified atom stereocenters. The lowest BCUT2D eigenvalue weighted by Crippen LogP contribution is -2.35. The fourth-order valence-electron chi connectivity index (χ4n) is 3.09. The number of methoxy groups -OCH3 is 2. The lowest BCUT2D eigenvalue weighted by atomic mass is 10.1. The summed E-state index contributed by atoms with van der Waals surface area (Å²) in [5, 5.41) is -0.294. The fourth-order valence-corrected chi connectivity index (χ4v) is 3.64. The minimum Gasteiger partial charge on any atom is -0.496 e. The van der Waals surface area contributed by atoms with E-state index in [1.807, 2.05) is 18.2 Å². The van der Waals surface area contributed by atoms with Crippen molar-refractivity contribution in [3.05, 3.63) is 45.4 Å². The first-order valence-electron chi connectivity index (χ1n) is 8.08. The standard InChI is InChI=1S/C17H21N3O5S/c1-24-14-5-4-6-15(25-2)12(14)9-20-8-7-11-13(10-20)18-17(19-16(11)21)26(3,22)23/h4-6H,7-10H2,1-3H3,(H,18,19,21). The van der Waals surface area contributed by atoms with Crippen molar-refractivity contribution >= 4 is 9.84 Å². The Labute approximate surface area is 151 Å². The van der Waals surface area contributed by atoms with Gasteiger partial charge in [-0.2, -0.15) is 0 Å². The second-order valence-corrected chi connectivity index (χ2v) is 8.10. The molecule has 2 aromatic rings. The zero-order chi connectivity index (χ0) is 18.9. The predicted molar refractivity (Wildman–Crippen MR) is 95.3 cm³/mol. The smallest absolute Gasteiger partial charge is 0.255 e. The summed E-state index contributed by atoms with van der Waals surface area (Å²) < 4.78 is 34.3.